The lowest BCUT2D eigenvalue weighted by Crippen LogP contribution is -2.14. The number of thioether (sulfide) groups is 1. The van der Waals surface area contributed by atoms with Gasteiger partial charge in [0.25, 0.3) is 10.0 Å². The van der Waals surface area contributed by atoms with Crippen LogP contribution in [0.25, 0.3) is 17.1 Å². The number of nitrogens with zero attached hydrogens (tertiary/aromatic N) is 3. The number of carbonyl (C=O) groups excluding carboxylic acids is 1. The molecule has 0 aliphatic heterocycles. The summed E-state index contributed by atoms with van der Waals surface area (Å²) in [7, 11) is -2.39. The molecule has 0 saturated heterocycles. The zero-order chi connectivity index (χ0) is 28.8. The van der Waals surface area contributed by atoms with Crippen molar-refractivity contribution >= 4 is 50.7 Å². The zero-order valence-corrected chi connectivity index (χ0v) is 24.1. The van der Waals surface area contributed by atoms with E-state index in [-0.39, 0.29) is 27.3 Å². The molecule has 41 heavy (non-hydrogen) atoms. The Balaban J connectivity index is 1.43. The van der Waals surface area contributed by atoms with Gasteiger partial charge in [0.2, 0.25) is 5.91 Å². The van der Waals surface area contributed by atoms with Gasteiger partial charge in [-0.25, -0.2) is 8.42 Å². The third-order valence-corrected chi connectivity index (χ3v) is 8.48. The molecule has 0 saturated carbocycles. The Kier molecular flexibility index (Phi) is 8.58. The van der Waals surface area contributed by atoms with Crippen LogP contribution < -0.4 is 14.8 Å². The third kappa shape index (κ3) is 6.71. The van der Waals surface area contributed by atoms with Crippen molar-refractivity contribution in [3.8, 4) is 22.8 Å². The lowest BCUT2D eigenvalue weighted by Gasteiger charge is -2.12. The predicted octanol–water partition coefficient (Wildman–Crippen LogP) is 6.13. The molecule has 5 rings (SSSR count). The van der Waals surface area contributed by atoms with E-state index < -0.39 is 10.0 Å². The Hall–Kier alpha value is -4.32. The van der Waals surface area contributed by atoms with Crippen LogP contribution in [0.4, 0.5) is 11.4 Å². The molecule has 0 atom stereocenters. The Morgan fingerprint density at radius 3 is 2.46 bits per heavy atom. The van der Waals surface area contributed by atoms with Crippen molar-refractivity contribution in [3.63, 3.8) is 0 Å². The maximum atomic E-state index is 13.2. The van der Waals surface area contributed by atoms with Crippen molar-refractivity contribution < 1.29 is 17.9 Å². The lowest BCUT2D eigenvalue weighted by atomic mass is 10.2. The first-order valence-corrected chi connectivity index (χ1v) is 15.1. The molecule has 4 aromatic carbocycles. The summed E-state index contributed by atoms with van der Waals surface area (Å²) in [6.45, 7) is 0. The number of aromatic nitrogens is 3. The molecule has 0 fully saturated rings. The number of anilines is 2. The normalized spacial score (nSPS) is 11.2. The second-order valence-electron chi connectivity index (χ2n) is 8.66. The number of nitrogens with one attached hydrogen (secondary N) is 2. The van der Waals surface area contributed by atoms with E-state index in [0.717, 1.165) is 5.69 Å². The minimum atomic E-state index is -3.95. The quantitative estimate of drug-likeness (QED) is 0.184. The number of benzene rings is 4. The molecule has 0 spiro atoms. The van der Waals surface area contributed by atoms with Gasteiger partial charge in [-0.2, -0.15) is 0 Å². The minimum absolute atomic E-state index is 0.0319. The first-order chi connectivity index (χ1) is 19.8. The third-order valence-electron chi connectivity index (χ3n) is 5.85. The molecule has 9 nitrogen and oxygen atoms in total. The Bertz CT molecular complexity index is 1800. The zero-order valence-electron chi connectivity index (χ0n) is 21.7. The Labute approximate surface area is 246 Å². The van der Waals surface area contributed by atoms with Gasteiger partial charge in [0.05, 0.1) is 28.5 Å². The molecule has 0 unspecified atom stereocenters. The number of ether oxygens (including phenoxy) is 1. The topological polar surface area (TPSA) is 115 Å². The molecule has 1 heterocycles. The molecule has 1 amide bonds. The van der Waals surface area contributed by atoms with Crippen molar-refractivity contribution in [1.82, 2.24) is 14.8 Å². The van der Waals surface area contributed by atoms with Gasteiger partial charge in [0.15, 0.2) is 11.0 Å². The minimum Gasteiger partial charge on any atom is -0.497 e. The van der Waals surface area contributed by atoms with Crippen molar-refractivity contribution in [2.75, 3.05) is 22.9 Å². The van der Waals surface area contributed by atoms with Crippen LogP contribution in [0.1, 0.15) is 0 Å². The van der Waals surface area contributed by atoms with Gasteiger partial charge in [0, 0.05) is 23.0 Å². The summed E-state index contributed by atoms with van der Waals surface area (Å²) in [5, 5.41) is 12.3. The smallest absolute Gasteiger partial charge is 0.261 e. The van der Waals surface area contributed by atoms with Crippen molar-refractivity contribution in [1.29, 1.82) is 0 Å². The number of hydrogen-bond donors (Lipinski definition) is 2. The highest BCUT2D eigenvalue weighted by molar-refractivity contribution is 7.99. The van der Waals surface area contributed by atoms with E-state index in [2.05, 4.69) is 20.2 Å². The number of para-hydroxylation sites is 2. The SMILES string of the molecule is COc1cccc(NC(=O)CSc2nnc(-c3cccc(S(=O)(=O)Nc4ccccc4Cl)c3)n2-c2ccccc2)c1. The van der Waals surface area contributed by atoms with Gasteiger partial charge in [-0.1, -0.05) is 71.9 Å². The Morgan fingerprint density at radius 2 is 1.68 bits per heavy atom. The van der Waals surface area contributed by atoms with E-state index in [0.29, 0.717) is 28.0 Å². The van der Waals surface area contributed by atoms with Gasteiger partial charge < -0.3 is 10.1 Å². The van der Waals surface area contributed by atoms with Gasteiger partial charge in [-0.05, 0) is 48.5 Å². The number of amides is 1. The largest absolute Gasteiger partial charge is 0.497 e. The predicted molar refractivity (Wildman–Crippen MR) is 161 cm³/mol. The summed E-state index contributed by atoms with van der Waals surface area (Å²) >= 11 is 7.37. The summed E-state index contributed by atoms with van der Waals surface area (Å²) in [6.07, 6.45) is 0. The molecule has 2 N–H and O–H groups in total. The average molecular weight is 606 g/mol. The number of sulfonamides is 1. The fraction of sp³-hybridized carbons (Fsp3) is 0.0690. The maximum Gasteiger partial charge on any atom is 0.261 e. The van der Waals surface area contributed by atoms with Gasteiger partial charge in [0.1, 0.15) is 5.75 Å². The van der Waals surface area contributed by atoms with E-state index >= 15 is 0 Å². The van der Waals surface area contributed by atoms with Gasteiger partial charge in [-0.15, -0.1) is 10.2 Å². The molecular weight excluding hydrogens is 582 g/mol. The second-order valence-corrected chi connectivity index (χ2v) is 11.7. The highest BCUT2D eigenvalue weighted by Gasteiger charge is 2.21. The lowest BCUT2D eigenvalue weighted by molar-refractivity contribution is -0.113. The van der Waals surface area contributed by atoms with Crippen LogP contribution >= 0.6 is 23.4 Å². The highest BCUT2D eigenvalue weighted by Crippen LogP contribution is 2.30. The van der Waals surface area contributed by atoms with Crippen LogP contribution in [0.3, 0.4) is 0 Å². The molecule has 5 aromatic rings. The monoisotopic (exact) mass is 605 g/mol. The second kappa shape index (κ2) is 12.5. The fourth-order valence-electron chi connectivity index (χ4n) is 3.94. The van der Waals surface area contributed by atoms with Crippen LogP contribution in [-0.4, -0.2) is 42.0 Å². The van der Waals surface area contributed by atoms with Crippen LogP contribution in [0.5, 0.6) is 5.75 Å². The molecule has 12 heteroatoms. The summed E-state index contributed by atoms with van der Waals surface area (Å²) < 4.78 is 35.9. The first kappa shape index (κ1) is 28.2. The van der Waals surface area contributed by atoms with E-state index in [9.17, 15) is 13.2 Å². The van der Waals surface area contributed by atoms with Crippen molar-refractivity contribution in [2.45, 2.75) is 10.1 Å². The van der Waals surface area contributed by atoms with Crippen LogP contribution in [-0.2, 0) is 14.8 Å². The van der Waals surface area contributed by atoms with Crippen molar-refractivity contribution in [2.24, 2.45) is 0 Å². The standard InChI is InChI=1S/C29H24ClN5O4S2/c1-39-23-13-8-10-21(18-23)31-27(36)19-40-29-33-32-28(35(29)22-11-3-2-4-12-22)20-9-7-14-24(17-20)41(37,38)34-26-16-6-5-15-25(26)30/h2-18,34H,19H2,1H3,(H,31,36). The molecule has 0 radical (unpaired) electrons. The first-order valence-electron chi connectivity index (χ1n) is 12.3. The van der Waals surface area contributed by atoms with Crippen LogP contribution in [0.2, 0.25) is 5.02 Å². The molecule has 1 aromatic heterocycles. The molecule has 0 aliphatic carbocycles. The van der Waals surface area contributed by atoms with E-state index in [1.807, 2.05) is 30.3 Å². The van der Waals surface area contributed by atoms with Gasteiger partial charge in [-0.3, -0.25) is 14.1 Å². The number of rotatable bonds is 10. The molecular formula is C29H24ClN5O4S2. The van der Waals surface area contributed by atoms with Crippen LogP contribution in [0.15, 0.2) is 113 Å². The van der Waals surface area contributed by atoms with E-state index in [4.69, 9.17) is 16.3 Å². The fourth-order valence-corrected chi connectivity index (χ4v) is 6.05. The number of halogens is 1. The van der Waals surface area contributed by atoms with Crippen molar-refractivity contribution in [3.05, 3.63) is 108 Å². The van der Waals surface area contributed by atoms with E-state index in [1.54, 1.807) is 72.3 Å². The van der Waals surface area contributed by atoms with E-state index in [1.165, 1.54) is 23.9 Å². The number of carbonyl (C=O) groups is 1. The number of methoxy groups -OCH3 is 1. The van der Waals surface area contributed by atoms with Crippen LogP contribution in [0, 0.1) is 0 Å². The number of hydrogen-bond acceptors (Lipinski definition) is 7. The molecule has 0 bridgehead atoms. The molecule has 0 aliphatic rings. The Morgan fingerprint density at radius 1 is 0.927 bits per heavy atom. The summed E-state index contributed by atoms with van der Waals surface area (Å²) in [5.74, 6) is 0.890. The summed E-state index contributed by atoms with van der Waals surface area (Å²) in [4.78, 5) is 12.8. The summed E-state index contributed by atoms with van der Waals surface area (Å²) in [6, 6.07) is 29.5. The molecule has 208 valence electrons. The average Bonchev–Trinajstić information content (AvgIpc) is 3.42. The summed E-state index contributed by atoms with van der Waals surface area (Å²) in [5.41, 5.74) is 2.17. The highest BCUT2D eigenvalue weighted by atomic mass is 35.5. The maximum absolute atomic E-state index is 13.2. The van der Waals surface area contributed by atoms with Gasteiger partial charge >= 0.3 is 0 Å².